The second-order valence-electron chi connectivity index (χ2n) is 6.47. The lowest BCUT2D eigenvalue weighted by Gasteiger charge is -2.10. The smallest absolute Gasteiger partial charge is 0.336 e. The van der Waals surface area contributed by atoms with Gasteiger partial charge in [-0.25, -0.2) is 9.59 Å². The normalized spacial score (nSPS) is 11.0. The summed E-state index contributed by atoms with van der Waals surface area (Å²) in [7, 11) is 1.55. The molecule has 0 saturated carbocycles. The van der Waals surface area contributed by atoms with Crippen LogP contribution in [0.5, 0.6) is 17.2 Å². The Morgan fingerprint density at radius 3 is 2.73 bits per heavy atom. The van der Waals surface area contributed by atoms with E-state index >= 15 is 0 Å². The number of hydrogen-bond donors (Lipinski definition) is 1. The molecule has 0 radical (unpaired) electrons. The van der Waals surface area contributed by atoms with E-state index in [0.717, 1.165) is 12.0 Å². The quantitative estimate of drug-likeness (QED) is 0.340. The van der Waals surface area contributed by atoms with E-state index in [-0.39, 0.29) is 17.9 Å². The molecule has 156 valence electrons. The second-order valence-corrected chi connectivity index (χ2v) is 6.47. The lowest BCUT2D eigenvalue weighted by atomic mass is 10.1. The average molecular weight is 410 g/mol. The van der Waals surface area contributed by atoms with Gasteiger partial charge in [0, 0.05) is 29.2 Å². The van der Waals surface area contributed by atoms with Crippen LogP contribution >= 0.6 is 0 Å². The molecule has 0 amide bonds. The standard InChI is InChI=1S/C23H22O7/c1-3-10-28-19-8-4-15(11-21(19)27-2)5-9-22(25)29-14-16-12-23(26)30-20-13-17(24)6-7-18(16)20/h4-9,11-13,24H,3,10,14H2,1-2H3/b9-5+. The molecule has 0 fully saturated rings. The van der Waals surface area contributed by atoms with Crippen molar-refractivity contribution in [3.8, 4) is 17.2 Å². The minimum Gasteiger partial charge on any atom is -0.508 e. The van der Waals surface area contributed by atoms with Gasteiger partial charge in [-0.05, 0) is 42.3 Å². The van der Waals surface area contributed by atoms with Crippen LogP contribution in [0.15, 0.2) is 57.8 Å². The number of fused-ring (bicyclic) bond motifs is 1. The van der Waals surface area contributed by atoms with Crippen molar-refractivity contribution in [3.05, 3.63) is 70.1 Å². The highest BCUT2D eigenvalue weighted by Crippen LogP contribution is 2.28. The number of benzene rings is 2. The fraction of sp³-hybridized carbons (Fsp3) is 0.217. The molecule has 3 rings (SSSR count). The number of rotatable bonds is 8. The van der Waals surface area contributed by atoms with Gasteiger partial charge in [0.1, 0.15) is 17.9 Å². The number of carbonyl (C=O) groups excluding carboxylic acids is 1. The molecule has 2 aromatic carbocycles. The second kappa shape index (κ2) is 9.65. The van der Waals surface area contributed by atoms with Crippen LogP contribution in [0.25, 0.3) is 17.0 Å². The number of ether oxygens (including phenoxy) is 3. The maximum atomic E-state index is 12.1. The van der Waals surface area contributed by atoms with Crippen LogP contribution in [0, 0.1) is 0 Å². The zero-order valence-electron chi connectivity index (χ0n) is 16.7. The summed E-state index contributed by atoms with van der Waals surface area (Å²) < 4.78 is 21.2. The van der Waals surface area contributed by atoms with Crippen molar-refractivity contribution < 1.29 is 28.5 Å². The molecule has 0 atom stereocenters. The first-order valence-corrected chi connectivity index (χ1v) is 9.41. The lowest BCUT2D eigenvalue weighted by molar-refractivity contribution is -0.138. The van der Waals surface area contributed by atoms with Crippen LogP contribution in [0.3, 0.4) is 0 Å². The topological polar surface area (TPSA) is 95.2 Å². The molecule has 0 bridgehead atoms. The fourth-order valence-corrected chi connectivity index (χ4v) is 2.82. The molecule has 0 aliphatic heterocycles. The Morgan fingerprint density at radius 2 is 1.97 bits per heavy atom. The average Bonchev–Trinajstić information content (AvgIpc) is 2.74. The highest BCUT2D eigenvalue weighted by molar-refractivity contribution is 5.87. The molecule has 1 N–H and O–H groups in total. The van der Waals surface area contributed by atoms with Gasteiger partial charge in [-0.2, -0.15) is 0 Å². The number of methoxy groups -OCH3 is 1. The van der Waals surface area contributed by atoms with E-state index in [0.29, 0.717) is 29.1 Å². The summed E-state index contributed by atoms with van der Waals surface area (Å²) in [6.45, 7) is 2.50. The predicted molar refractivity (Wildman–Crippen MR) is 112 cm³/mol. The van der Waals surface area contributed by atoms with Crippen molar-refractivity contribution >= 4 is 23.0 Å². The predicted octanol–water partition coefficient (Wildman–Crippen LogP) is 4.05. The molecule has 7 nitrogen and oxygen atoms in total. The van der Waals surface area contributed by atoms with Crippen molar-refractivity contribution in [2.75, 3.05) is 13.7 Å². The van der Waals surface area contributed by atoms with E-state index in [4.69, 9.17) is 18.6 Å². The lowest BCUT2D eigenvalue weighted by Crippen LogP contribution is -2.05. The molecule has 0 aliphatic rings. The first-order valence-electron chi connectivity index (χ1n) is 9.41. The van der Waals surface area contributed by atoms with Crippen LogP contribution in [-0.4, -0.2) is 24.8 Å². The molecule has 0 unspecified atom stereocenters. The summed E-state index contributed by atoms with van der Waals surface area (Å²) >= 11 is 0. The summed E-state index contributed by atoms with van der Waals surface area (Å²) in [5, 5.41) is 10.1. The molecular weight excluding hydrogens is 388 g/mol. The van der Waals surface area contributed by atoms with E-state index in [2.05, 4.69) is 0 Å². The van der Waals surface area contributed by atoms with Gasteiger partial charge in [-0.3, -0.25) is 0 Å². The molecular formula is C23H22O7. The Morgan fingerprint density at radius 1 is 1.13 bits per heavy atom. The Labute approximate surface area is 173 Å². The van der Waals surface area contributed by atoms with Gasteiger partial charge in [-0.15, -0.1) is 0 Å². The molecule has 3 aromatic rings. The zero-order chi connectivity index (χ0) is 21.5. The van der Waals surface area contributed by atoms with Crippen molar-refractivity contribution in [2.45, 2.75) is 20.0 Å². The molecule has 0 saturated heterocycles. The van der Waals surface area contributed by atoms with Crippen LogP contribution in [0.4, 0.5) is 0 Å². The number of esters is 1. The molecule has 1 heterocycles. The maximum Gasteiger partial charge on any atom is 0.336 e. The van der Waals surface area contributed by atoms with Gasteiger partial charge in [0.05, 0.1) is 13.7 Å². The number of aromatic hydroxyl groups is 1. The van der Waals surface area contributed by atoms with Crippen LogP contribution < -0.4 is 15.1 Å². The van der Waals surface area contributed by atoms with Crippen molar-refractivity contribution in [1.82, 2.24) is 0 Å². The third-order valence-corrected chi connectivity index (χ3v) is 4.24. The highest BCUT2D eigenvalue weighted by atomic mass is 16.5. The van der Waals surface area contributed by atoms with E-state index in [9.17, 15) is 14.7 Å². The zero-order valence-corrected chi connectivity index (χ0v) is 16.7. The van der Waals surface area contributed by atoms with Crippen molar-refractivity contribution in [1.29, 1.82) is 0 Å². The monoisotopic (exact) mass is 410 g/mol. The number of phenolic OH excluding ortho intramolecular Hbond substituents is 1. The maximum absolute atomic E-state index is 12.1. The van der Waals surface area contributed by atoms with E-state index in [1.807, 2.05) is 6.92 Å². The number of carbonyl (C=O) groups is 1. The third kappa shape index (κ3) is 5.20. The van der Waals surface area contributed by atoms with Crippen LogP contribution in [-0.2, 0) is 16.1 Å². The Bertz CT molecular complexity index is 1130. The largest absolute Gasteiger partial charge is 0.508 e. The summed E-state index contributed by atoms with van der Waals surface area (Å²) in [5.41, 5.74) is 0.866. The van der Waals surface area contributed by atoms with Gasteiger partial charge in [0.2, 0.25) is 0 Å². The third-order valence-electron chi connectivity index (χ3n) is 4.24. The summed E-state index contributed by atoms with van der Waals surface area (Å²) in [6.07, 6.45) is 3.78. The Balaban J connectivity index is 1.68. The highest BCUT2D eigenvalue weighted by Gasteiger charge is 2.09. The SMILES string of the molecule is CCCOc1ccc(/C=C/C(=O)OCc2cc(=O)oc3cc(O)ccc23)cc1OC. The van der Waals surface area contributed by atoms with Crippen LogP contribution in [0.1, 0.15) is 24.5 Å². The van der Waals surface area contributed by atoms with Crippen LogP contribution in [0.2, 0.25) is 0 Å². The molecule has 1 aromatic heterocycles. The molecule has 0 aliphatic carbocycles. The van der Waals surface area contributed by atoms with E-state index < -0.39 is 11.6 Å². The molecule has 7 heteroatoms. The van der Waals surface area contributed by atoms with E-state index in [1.54, 1.807) is 37.5 Å². The Hall–Kier alpha value is -3.74. The first kappa shape index (κ1) is 21.0. The minimum absolute atomic E-state index is 0.0238. The molecule has 30 heavy (non-hydrogen) atoms. The summed E-state index contributed by atoms with van der Waals surface area (Å²) in [6, 6.07) is 11.0. The van der Waals surface area contributed by atoms with Gasteiger partial charge < -0.3 is 23.7 Å². The number of hydrogen-bond acceptors (Lipinski definition) is 7. The summed E-state index contributed by atoms with van der Waals surface area (Å²) in [5.74, 6) is 0.620. The Kier molecular flexibility index (Phi) is 6.75. The van der Waals surface area contributed by atoms with Gasteiger partial charge in [-0.1, -0.05) is 13.0 Å². The first-order chi connectivity index (χ1) is 14.5. The summed E-state index contributed by atoms with van der Waals surface area (Å²) in [4.78, 5) is 23.8. The van der Waals surface area contributed by atoms with Gasteiger partial charge >= 0.3 is 11.6 Å². The fourth-order valence-electron chi connectivity index (χ4n) is 2.82. The molecule has 0 spiro atoms. The van der Waals surface area contributed by atoms with Gasteiger partial charge in [0.25, 0.3) is 0 Å². The van der Waals surface area contributed by atoms with Crippen molar-refractivity contribution in [3.63, 3.8) is 0 Å². The minimum atomic E-state index is -0.591. The van der Waals surface area contributed by atoms with E-state index in [1.165, 1.54) is 24.3 Å². The number of phenols is 1. The van der Waals surface area contributed by atoms with Gasteiger partial charge in [0.15, 0.2) is 11.5 Å². The van der Waals surface area contributed by atoms with Crippen molar-refractivity contribution in [2.24, 2.45) is 0 Å².